The number of carbonyl (C=O) groups excluding carboxylic acids is 1. The Morgan fingerprint density at radius 2 is 2.03 bits per heavy atom. The smallest absolute Gasteiger partial charge is 0.248 e. The fourth-order valence-electron chi connectivity index (χ4n) is 3.80. The van der Waals surface area contributed by atoms with Gasteiger partial charge in [0.05, 0.1) is 18.8 Å². The minimum Gasteiger partial charge on any atom is -0.467 e. The summed E-state index contributed by atoms with van der Waals surface area (Å²) in [6.45, 7) is 4.76. The molecule has 1 aromatic carbocycles. The summed E-state index contributed by atoms with van der Waals surface area (Å²) in [4.78, 5) is 12.5. The lowest BCUT2D eigenvalue weighted by atomic mass is 10.2. The SMILES string of the molecule is Cc1cc(/C=C/C(=O)Nc2ccc(-c3nnnn3C3CC3)cc2)c(C)n1Cc1ccco1. The molecule has 4 aromatic rings. The highest BCUT2D eigenvalue weighted by molar-refractivity contribution is 6.02. The molecule has 1 aliphatic carbocycles. The van der Waals surface area contributed by atoms with Gasteiger partial charge in [-0.05, 0) is 91.2 Å². The second-order valence-corrected chi connectivity index (χ2v) is 8.07. The first-order valence-corrected chi connectivity index (χ1v) is 10.6. The van der Waals surface area contributed by atoms with E-state index in [0.29, 0.717) is 12.6 Å². The average Bonchev–Trinajstić information content (AvgIpc) is 3.19. The van der Waals surface area contributed by atoms with Gasteiger partial charge in [0.2, 0.25) is 5.91 Å². The van der Waals surface area contributed by atoms with Crippen molar-refractivity contribution < 1.29 is 9.21 Å². The molecule has 1 fully saturated rings. The number of anilines is 1. The second-order valence-electron chi connectivity index (χ2n) is 8.07. The Hall–Kier alpha value is -3.94. The molecule has 3 heterocycles. The van der Waals surface area contributed by atoms with Crippen LogP contribution in [0.25, 0.3) is 17.5 Å². The lowest BCUT2D eigenvalue weighted by Crippen LogP contribution is -2.07. The Labute approximate surface area is 185 Å². The second kappa shape index (κ2) is 8.30. The van der Waals surface area contributed by atoms with Gasteiger partial charge in [-0.15, -0.1) is 5.10 Å². The number of benzene rings is 1. The van der Waals surface area contributed by atoms with Gasteiger partial charge in [0.1, 0.15) is 5.76 Å². The first-order valence-electron chi connectivity index (χ1n) is 10.6. The number of rotatable bonds is 7. The van der Waals surface area contributed by atoms with Crippen molar-refractivity contribution in [3.8, 4) is 11.4 Å². The van der Waals surface area contributed by atoms with Crippen molar-refractivity contribution in [1.82, 2.24) is 24.8 Å². The summed E-state index contributed by atoms with van der Waals surface area (Å²) in [5, 5.41) is 14.9. The number of amides is 1. The van der Waals surface area contributed by atoms with Crippen molar-refractivity contribution in [3.05, 3.63) is 77.5 Å². The van der Waals surface area contributed by atoms with Gasteiger partial charge in [0, 0.05) is 28.7 Å². The standard InChI is InChI=1S/C24H24N6O2/c1-16-14-19(17(2)29(16)15-22-4-3-13-32-22)7-12-23(31)25-20-8-5-18(6-9-20)24-26-27-28-30(24)21-10-11-21/h3-9,12-14,21H,10-11,15H2,1-2H3,(H,25,31)/b12-7+. The van der Waals surface area contributed by atoms with Gasteiger partial charge in [-0.25, -0.2) is 4.68 Å². The molecule has 162 valence electrons. The van der Waals surface area contributed by atoms with Crippen molar-refractivity contribution in [3.63, 3.8) is 0 Å². The van der Waals surface area contributed by atoms with Gasteiger partial charge >= 0.3 is 0 Å². The topological polar surface area (TPSA) is 90.8 Å². The molecule has 0 aliphatic heterocycles. The van der Waals surface area contributed by atoms with E-state index in [1.54, 1.807) is 12.3 Å². The Bertz CT molecular complexity index is 1260. The van der Waals surface area contributed by atoms with Crippen LogP contribution in [0.5, 0.6) is 0 Å². The first-order chi connectivity index (χ1) is 15.6. The Balaban J connectivity index is 1.24. The van der Waals surface area contributed by atoms with Crippen LogP contribution in [-0.2, 0) is 11.3 Å². The van der Waals surface area contributed by atoms with Gasteiger partial charge in [-0.3, -0.25) is 4.79 Å². The number of furan rings is 1. The molecular formula is C24H24N6O2. The summed E-state index contributed by atoms with van der Waals surface area (Å²) in [5.74, 6) is 1.47. The molecule has 1 aliphatic rings. The van der Waals surface area contributed by atoms with Crippen molar-refractivity contribution in [1.29, 1.82) is 0 Å². The summed E-state index contributed by atoms with van der Waals surface area (Å²) in [6.07, 6.45) is 7.30. The first kappa shape index (κ1) is 20.0. The van der Waals surface area contributed by atoms with Crippen LogP contribution in [0.15, 0.2) is 59.2 Å². The zero-order valence-corrected chi connectivity index (χ0v) is 18.0. The zero-order chi connectivity index (χ0) is 22.1. The molecule has 1 saturated carbocycles. The third kappa shape index (κ3) is 4.12. The van der Waals surface area contributed by atoms with Crippen LogP contribution in [-0.4, -0.2) is 30.7 Å². The minimum atomic E-state index is -0.184. The molecule has 0 bridgehead atoms. The van der Waals surface area contributed by atoms with E-state index in [9.17, 15) is 4.79 Å². The lowest BCUT2D eigenvalue weighted by molar-refractivity contribution is -0.111. The monoisotopic (exact) mass is 428 g/mol. The zero-order valence-electron chi connectivity index (χ0n) is 18.0. The average molecular weight is 428 g/mol. The maximum Gasteiger partial charge on any atom is 0.248 e. The summed E-state index contributed by atoms with van der Waals surface area (Å²) < 4.78 is 9.50. The van der Waals surface area contributed by atoms with E-state index < -0.39 is 0 Å². The van der Waals surface area contributed by atoms with Crippen molar-refractivity contribution >= 4 is 17.7 Å². The number of aromatic nitrogens is 5. The van der Waals surface area contributed by atoms with E-state index in [-0.39, 0.29) is 5.91 Å². The van der Waals surface area contributed by atoms with Gasteiger partial charge in [-0.1, -0.05) is 0 Å². The van der Waals surface area contributed by atoms with Gasteiger partial charge in [-0.2, -0.15) is 0 Å². The Kier molecular flexibility index (Phi) is 5.18. The highest BCUT2D eigenvalue weighted by Gasteiger charge is 2.28. The summed E-state index contributed by atoms with van der Waals surface area (Å²) in [6, 6.07) is 13.9. The third-order valence-corrected chi connectivity index (χ3v) is 5.72. The fraction of sp³-hybridized carbons (Fsp3) is 0.250. The predicted molar refractivity (Wildman–Crippen MR) is 121 cm³/mol. The molecule has 8 nitrogen and oxygen atoms in total. The molecule has 0 unspecified atom stereocenters. The van der Waals surface area contributed by atoms with Crippen LogP contribution in [0.4, 0.5) is 5.69 Å². The van der Waals surface area contributed by atoms with Crippen LogP contribution in [0.1, 0.15) is 41.6 Å². The maximum absolute atomic E-state index is 12.5. The minimum absolute atomic E-state index is 0.184. The van der Waals surface area contributed by atoms with Crippen LogP contribution >= 0.6 is 0 Å². The van der Waals surface area contributed by atoms with E-state index >= 15 is 0 Å². The molecular weight excluding hydrogens is 404 g/mol. The molecule has 0 radical (unpaired) electrons. The van der Waals surface area contributed by atoms with Crippen molar-refractivity contribution in [2.45, 2.75) is 39.3 Å². The number of carbonyl (C=O) groups is 1. The molecule has 0 atom stereocenters. The summed E-state index contributed by atoms with van der Waals surface area (Å²) in [7, 11) is 0. The van der Waals surface area contributed by atoms with Gasteiger partial charge in [0.15, 0.2) is 5.82 Å². The summed E-state index contributed by atoms with van der Waals surface area (Å²) in [5.41, 5.74) is 4.85. The van der Waals surface area contributed by atoms with E-state index in [0.717, 1.165) is 52.6 Å². The molecule has 0 saturated heterocycles. The third-order valence-electron chi connectivity index (χ3n) is 5.72. The highest BCUT2D eigenvalue weighted by atomic mass is 16.3. The molecule has 8 heteroatoms. The number of nitrogens with zero attached hydrogens (tertiary/aromatic N) is 5. The van der Waals surface area contributed by atoms with Gasteiger partial charge < -0.3 is 14.3 Å². The number of tetrazole rings is 1. The predicted octanol–water partition coefficient (Wildman–Crippen LogP) is 4.39. The van der Waals surface area contributed by atoms with Crippen molar-refractivity contribution in [2.75, 3.05) is 5.32 Å². The maximum atomic E-state index is 12.5. The number of hydrogen-bond acceptors (Lipinski definition) is 5. The molecule has 1 N–H and O–H groups in total. The van der Waals surface area contributed by atoms with Crippen LogP contribution in [0.3, 0.4) is 0 Å². The lowest BCUT2D eigenvalue weighted by Gasteiger charge is -2.07. The van der Waals surface area contributed by atoms with E-state index in [2.05, 4.69) is 38.4 Å². The van der Waals surface area contributed by atoms with Gasteiger partial charge in [0.25, 0.3) is 0 Å². The van der Waals surface area contributed by atoms with E-state index in [1.165, 1.54) is 0 Å². The number of hydrogen-bond donors (Lipinski definition) is 1. The molecule has 0 spiro atoms. The van der Waals surface area contributed by atoms with Crippen LogP contribution in [0, 0.1) is 13.8 Å². The van der Waals surface area contributed by atoms with E-state index in [4.69, 9.17) is 4.42 Å². The molecule has 3 aromatic heterocycles. The quantitative estimate of drug-likeness (QED) is 0.441. The highest BCUT2D eigenvalue weighted by Crippen LogP contribution is 2.36. The molecule has 1 amide bonds. The largest absolute Gasteiger partial charge is 0.467 e. The number of nitrogens with one attached hydrogen (secondary N) is 1. The summed E-state index contributed by atoms with van der Waals surface area (Å²) >= 11 is 0. The fourth-order valence-corrected chi connectivity index (χ4v) is 3.80. The van der Waals surface area contributed by atoms with Crippen LogP contribution < -0.4 is 5.32 Å². The Morgan fingerprint density at radius 1 is 1.22 bits per heavy atom. The Morgan fingerprint density at radius 3 is 2.75 bits per heavy atom. The molecule has 32 heavy (non-hydrogen) atoms. The van der Waals surface area contributed by atoms with E-state index in [1.807, 2.05) is 54.1 Å². The number of aryl methyl sites for hydroxylation is 1. The van der Waals surface area contributed by atoms with Crippen molar-refractivity contribution in [2.24, 2.45) is 0 Å². The van der Waals surface area contributed by atoms with Crippen LogP contribution in [0.2, 0.25) is 0 Å². The molecule has 5 rings (SSSR count). The normalized spacial score (nSPS) is 13.7.